The van der Waals surface area contributed by atoms with Gasteiger partial charge in [-0.05, 0) is 47.5 Å². The van der Waals surface area contributed by atoms with Gasteiger partial charge in [-0.15, -0.1) is 0 Å². The van der Waals surface area contributed by atoms with Gasteiger partial charge in [0.15, 0.2) is 0 Å². The molecule has 94 valence electrons. The zero-order valence-electron chi connectivity index (χ0n) is 10.1. The van der Waals surface area contributed by atoms with E-state index in [4.69, 9.17) is 0 Å². The van der Waals surface area contributed by atoms with Gasteiger partial charge in [-0.1, -0.05) is 0 Å². The van der Waals surface area contributed by atoms with Crippen LogP contribution in [0.25, 0.3) is 0 Å². The van der Waals surface area contributed by atoms with Gasteiger partial charge in [-0.3, -0.25) is 9.97 Å². The molecule has 18 heavy (non-hydrogen) atoms. The number of aryl methyl sites for hydroxylation is 1. The third-order valence-corrected chi connectivity index (χ3v) is 3.27. The van der Waals surface area contributed by atoms with E-state index in [2.05, 4.69) is 31.2 Å². The molecular formula is C13H13BrFN3. The molecule has 1 heterocycles. The van der Waals surface area contributed by atoms with Gasteiger partial charge in [-0.25, -0.2) is 4.39 Å². The second-order valence-electron chi connectivity index (χ2n) is 4.08. The Morgan fingerprint density at radius 2 is 2.11 bits per heavy atom. The molecule has 1 N–H and O–H groups in total. The molecule has 0 saturated heterocycles. The lowest BCUT2D eigenvalue weighted by Gasteiger charge is -2.16. The van der Waals surface area contributed by atoms with Crippen LogP contribution >= 0.6 is 15.9 Å². The summed E-state index contributed by atoms with van der Waals surface area (Å²) in [6.45, 7) is 3.89. The van der Waals surface area contributed by atoms with Gasteiger partial charge >= 0.3 is 0 Å². The van der Waals surface area contributed by atoms with Crippen LogP contribution in [0.1, 0.15) is 24.2 Å². The molecule has 1 unspecified atom stereocenters. The smallest absolute Gasteiger partial charge is 0.139 e. The van der Waals surface area contributed by atoms with E-state index in [1.807, 2.05) is 13.8 Å². The fraction of sp³-hybridized carbons (Fsp3) is 0.231. The molecule has 1 atom stereocenters. The fourth-order valence-corrected chi connectivity index (χ4v) is 2.10. The molecule has 0 aliphatic rings. The minimum absolute atomic E-state index is 0.0297. The molecule has 0 spiro atoms. The standard InChI is InChI=1S/C13H13BrFN3/c1-8-5-10(14)11(15)6-12(8)18-9(2)13-7-16-3-4-17-13/h3-7,9,18H,1-2H3. The van der Waals surface area contributed by atoms with Crippen molar-refractivity contribution in [2.24, 2.45) is 0 Å². The Balaban J connectivity index is 2.22. The van der Waals surface area contributed by atoms with Crippen LogP contribution in [0.2, 0.25) is 0 Å². The molecular weight excluding hydrogens is 297 g/mol. The number of nitrogens with zero attached hydrogens (tertiary/aromatic N) is 2. The normalized spacial score (nSPS) is 12.2. The average Bonchev–Trinajstić information content (AvgIpc) is 2.37. The summed E-state index contributed by atoms with van der Waals surface area (Å²) in [5, 5.41) is 3.23. The van der Waals surface area contributed by atoms with Crippen molar-refractivity contribution in [3.8, 4) is 0 Å². The maximum atomic E-state index is 13.5. The topological polar surface area (TPSA) is 37.8 Å². The van der Waals surface area contributed by atoms with Crippen molar-refractivity contribution in [2.45, 2.75) is 19.9 Å². The lowest BCUT2D eigenvalue weighted by molar-refractivity contribution is 0.620. The average molecular weight is 310 g/mol. The predicted octanol–water partition coefficient (Wildman–Crippen LogP) is 3.86. The third-order valence-electron chi connectivity index (χ3n) is 2.67. The SMILES string of the molecule is Cc1cc(Br)c(F)cc1NC(C)c1cnccn1. The first kappa shape index (κ1) is 13.0. The molecule has 0 aliphatic heterocycles. The van der Waals surface area contributed by atoms with Crippen molar-refractivity contribution in [3.05, 3.63) is 52.3 Å². The first-order valence-electron chi connectivity index (χ1n) is 5.56. The quantitative estimate of drug-likeness (QED) is 0.935. The first-order valence-corrected chi connectivity index (χ1v) is 6.35. The minimum atomic E-state index is -0.283. The highest BCUT2D eigenvalue weighted by Crippen LogP contribution is 2.26. The molecule has 3 nitrogen and oxygen atoms in total. The maximum absolute atomic E-state index is 13.5. The van der Waals surface area contributed by atoms with E-state index < -0.39 is 0 Å². The Kier molecular flexibility index (Phi) is 3.91. The largest absolute Gasteiger partial charge is 0.377 e. The van der Waals surface area contributed by atoms with Crippen LogP contribution in [0.3, 0.4) is 0 Å². The Hall–Kier alpha value is -1.49. The van der Waals surface area contributed by atoms with Gasteiger partial charge in [0.2, 0.25) is 0 Å². The summed E-state index contributed by atoms with van der Waals surface area (Å²) in [6.07, 6.45) is 4.96. The van der Waals surface area contributed by atoms with Crippen molar-refractivity contribution in [1.82, 2.24) is 9.97 Å². The number of aromatic nitrogens is 2. The summed E-state index contributed by atoms with van der Waals surface area (Å²) in [6, 6.07) is 3.20. The predicted molar refractivity (Wildman–Crippen MR) is 72.9 cm³/mol. The minimum Gasteiger partial charge on any atom is -0.377 e. The van der Waals surface area contributed by atoms with Gasteiger partial charge in [0.1, 0.15) is 5.82 Å². The second kappa shape index (κ2) is 5.44. The van der Waals surface area contributed by atoms with Crippen molar-refractivity contribution in [3.63, 3.8) is 0 Å². The monoisotopic (exact) mass is 309 g/mol. The van der Waals surface area contributed by atoms with Crippen molar-refractivity contribution in [2.75, 3.05) is 5.32 Å². The molecule has 0 aliphatic carbocycles. The number of halogens is 2. The Morgan fingerprint density at radius 1 is 1.33 bits per heavy atom. The number of anilines is 1. The van der Waals surface area contributed by atoms with Gasteiger partial charge in [0.05, 0.1) is 22.4 Å². The molecule has 0 amide bonds. The highest BCUT2D eigenvalue weighted by Gasteiger charge is 2.10. The van der Waals surface area contributed by atoms with Crippen LogP contribution in [0.4, 0.5) is 10.1 Å². The van der Waals surface area contributed by atoms with E-state index >= 15 is 0 Å². The molecule has 0 bridgehead atoms. The number of benzene rings is 1. The summed E-state index contributed by atoms with van der Waals surface area (Å²) < 4.78 is 14.0. The summed E-state index contributed by atoms with van der Waals surface area (Å²) in [5.74, 6) is -0.283. The van der Waals surface area contributed by atoms with E-state index in [1.54, 1.807) is 24.7 Å². The molecule has 1 aromatic carbocycles. The number of nitrogens with one attached hydrogen (secondary N) is 1. The van der Waals surface area contributed by atoms with Crippen LogP contribution in [0.15, 0.2) is 35.2 Å². The Labute approximate surface area is 114 Å². The van der Waals surface area contributed by atoms with Crippen LogP contribution in [-0.2, 0) is 0 Å². The highest BCUT2D eigenvalue weighted by atomic mass is 79.9. The van der Waals surface area contributed by atoms with Gasteiger partial charge in [0, 0.05) is 18.1 Å². The highest BCUT2D eigenvalue weighted by molar-refractivity contribution is 9.10. The molecule has 2 aromatic rings. The maximum Gasteiger partial charge on any atom is 0.139 e. The van der Waals surface area contributed by atoms with E-state index in [9.17, 15) is 4.39 Å². The van der Waals surface area contributed by atoms with Crippen molar-refractivity contribution >= 4 is 21.6 Å². The van der Waals surface area contributed by atoms with Crippen LogP contribution in [-0.4, -0.2) is 9.97 Å². The van der Waals surface area contributed by atoms with Crippen LogP contribution < -0.4 is 5.32 Å². The second-order valence-corrected chi connectivity index (χ2v) is 4.93. The van der Waals surface area contributed by atoms with Crippen LogP contribution in [0.5, 0.6) is 0 Å². The van der Waals surface area contributed by atoms with Gasteiger partial charge in [0.25, 0.3) is 0 Å². The molecule has 5 heteroatoms. The van der Waals surface area contributed by atoms with Crippen molar-refractivity contribution < 1.29 is 4.39 Å². The molecule has 1 aromatic heterocycles. The zero-order chi connectivity index (χ0) is 13.1. The lowest BCUT2D eigenvalue weighted by atomic mass is 10.1. The van der Waals surface area contributed by atoms with E-state index in [-0.39, 0.29) is 11.9 Å². The third kappa shape index (κ3) is 2.85. The van der Waals surface area contributed by atoms with Gasteiger partial charge in [-0.2, -0.15) is 0 Å². The van der Waals surface area contributed by atoms with E-state index in [0.717, 1.165) is 16.9 Å². The Bertz CT molecular complexity index is 545. The molecule has 0 fully saturated rings. The van der Waals surface area contributed by atoms with Crippen molar-refractivity contribution in [1.29, 1.82) is 0 Å². The number of hydrogen-bond donors (Lipinski definition) is 1. The molecule has 2 rings (SSSR count). The molecule has 0 radical (unpaired) electrons. The Morgan fingerprint density at radius 3 is 2.78 bits per heavy atom. The van der Waals surface area contributed by atoms with Crippen LogP contribution in [0, 0.1) is 12.7 Å². The fourth-order valence-electron chi connectivity index (χ4n) is 1.64. The molecule has 0 saturated carbocycles. The summed E-state index contributed by atoms with van der Waals surface area (Å²) >= 11 is 3.17. The number of hydrogen-bond acceptors (Lipinski definition) is 3. The lowest BCUT2D eigenvalue weighted by Crippen LogP contribution is -2.10. The summed E-state index contributed by atoms with van der Waals surface area (Å²) in [5.41, 5.74) is 2.55. The summed E-state index contributed by atoms with van der Waals surface area (Å²) in [7, 11) is 0. The number of rotatable bonds is 3. The first-order chi connectivity index (χ1) is 8.58. The van der Waals surface area contributed by atoms with Gasteiger partial charge < -0.3 is 5.32 Å². The van der Waals surface area contributed by atoms with E-state index in [1.165, 1.54) is 6.07 Å². The summed E-state index contributed by atoms with van der Waals surface area (Å²) in [4.78, 5) is 8.23. The zero-order valence-corrected chi connectivity index (χ0v) is 11.7. The van der Waals surface area contributed by atoms with E-state index in [0.29, 0.717) is 4.47 Å².